The van der Waals surface area contributed by atoms with Crippen molar-refractivity contribution in [3.8, 4) is 18.1 Å². The number of para-hydroxylation sites is 1. The van der Waals surface area contributed by atoms with Crippen LogP contribution in [0.15, 0.2) is 29.1 Å². The van der Waals surface area contributed by atoms with Crippen LogP contribution in [0, 0.1) is 12.3 Å². The number of ether oxygens (including phenoxy) is 1. The molecule has 0 aliphatic heterocycles. The van der Waals surface area contributed by atoms with Crippen molar-refractivity contribution in [3.05, 3.63) is 56.4 Å². The van der Waals surface area contributed by atoms with Gasteiger partial charge in [0.1, 0.15) is 16.4 Å². The van der Waals surface area contributed by atoms with E-state index in [1.807, 2.05) is 24.3 Å². The molecule has 0 saturated heterocycles. The molecule has 2 heterocycles. The first kappa shape index (κ1) is 16.9. The molecule has 0 amide bonds. The van der Waals surface area contributed by atoms with Crippen molar-refractivity contribution in [1.29, 1.82) is 0 Å². The molecule has 26 heavy (non-hydrogen) atoms. The highest BCUT2D eigenvalue weighted by atomic mass is 32.1. The number of hydrogen-bond acceptors (Lipinski definition) is 4. The molecule has 5 heteroatoms. The van der Waals surface area contributed by atoms with Gasteiger partial charge in [-0.15, -0.1) is 17.8 Å². The summed E-state index contributed by atoms with van der Waals surface area (Å²) in [5, 5.41) is 0.781. The van der Waals surface area contributed by atoms with E-state index < -0.39 is 0 Å². The Labute approximate surface area is 156 Å². The molecule has 4 rings (SSSR count). The first-order valence-electron chi connectivity index (χ1n) is 8.82. The molecular formula is C21H20N2O2S. The van der Waals surface area contributed by atoms with Crippen molar-refractivity contribution in [3.63, 3.8) is 0 Å². The Morgan fingerprint density at radius 3 is 2.92 bits per heavy atom. The summed E-state index contributed by atoms with van der Waals surface area (Å²) in [5.41, 5.74) is 2.19. The van der Waals surface area contributed by atoms with Gasteiger partial charge in [0.2, 0.25) is 0 Å². The lowest BCUT2D eigenvalue weighted by atomic mass is 9.97. The Morgan fingerprint density at radius 1 is 1.31 bits per heavy atom. The highest BCUT2D eigenvalue weighted by Gasteiger charge is 2.22. The SMILES string of the molecule is C#CCn1c(Cc2ccccc2OC)nc2sc3c(c2c1=O)CCCC3. The van der Waals surface area contributed by atoms with Crippen molar-refractivity contribution < 1.29 is 4.74 Å². The minimum Gasteiger partial charge on any atom is -0.496 e. The summed E-state index contributed by atoms with van der Waals surface area (Å²) in [6.07, 6.45) is 10.4. The van der Waals surface area contributed by atoms with E-state index in [0.29, 0.717) is 12.2 Å². The van der Waals surface area contributed by atoms with Crippen LogP contribution in [0.3, 0.4) is 0 Å². The Hall–Kier alpha value is -2.58. The summed E-state index contributed by atoms with van der Waals surface area (Å²) in [6, 6.07) is 7.81. The van der Waals surface area contributed by atoms with Gasteiger partial charge < -0.3 is 4.74 Å². The van der Waals surface area contributed by atoms with Gasteiger partial charge in [0, 0.05) is 16.9 Å². The molecule has 1 aliphatic rings. The van der Waals surface area contributed by atoms with Crippen LogP contribution in [-0.2, 0) is 25.8 Å². The zero-order valence-electron chi connectivity index (χ0n) is 14.7. The van der Waals surface area contributed by atoms with Crippen molar-refractivity contribution >= 4 is 21.6 Å². The highest BCUT2D eigenvalue weighted by Crippen LogP contribution is 2.34. The number of nitrogens with zero attached hydrogens (tertiary/aromatic N) is 2. The number of aromatic nitrogens is 2. The summed E-state index contributed by atoms with van der Waals surface area (Å²) < 4.78 is 7.10. The molecule has 4 nitrogen and oxygen atoms in total. The number of methoxy groups -OCH3 is 1. The Balaban J connectivity index is 1.90. The van der Waals surface area contributed by atoms with Crippen molar-refractivity contribution in [1.82, 2.24) is 9.55 Å². The van der Waals surface area contributed by atoms with Crippen molar-refractivity contribution in [2.45, 2.75) is 38.6 Å². The molecule has 132 valence electrons. The number of terminal acetylenes is 1. The molecule has 1 aliphatic carbocycles. The third kappa shape index (κ3) is 2.81. The average Bonchev–Trinajstić information content (AvgIpc) is 3.03. The van der Waals surface area contributed by atoms with Crippen LogP contribution in [0.1, 0.15) is 34.7 Å². The number of hydrogen-bond donors (Lipinski definition) is 0. The monoisotopic (exact) mass is 364 g/mol. The van der Waals surface area contributed by atoms with Crippen LogP contribution < -0.4 is 10.3 Å². The summed E-state index contributed by atoms with van der Waals surface area (Å²) in [7, 11) is 1.65. The van der Waals surface area contributed by atoms with Crippen LogP contribution in [0.25, 0.3) is 10.2 Å². The van der Waals surface area contributed by atoms with E-state index >= 15 is 0 Å². The zero-order valence-corrected chi connectivity index (χ0v) is 15.6. The number of thiophene rings is 1. The third-order valence-electron chi connectivity index (χ3n) is 4.94. The molecule has 0 bridgehead atoms. The fourth-order valence-electron chi connectivity index (χ4n) is 3.69. The first-order chi connectivity index (χ1) is 12.7. The molecule has 3 aromatic rings. The van der Waals surface area contributed by atoms with E-state index in [4.69, 9.17) is 16.1 Å². The lowest BCUT2D eigenvalue weighted by Crippen LogP contribution is -2.25. The van der Waals surface area contributed by atoms with Crippen molar-refractivity contribution in [2.24, 2.45) is 0 Å². The van der Waals surface area contributed by atoms with Crippen LogP contribution in [0.5, 0.6) is 5.75 Å². The fourth-order valence-corrected chi connectivity index (χ4v) is 4.96. The summed E-state index contributed by atoms with van der Waals surface area (Å²) >= 11 is 1.67. The zero-order chi connectivity index (χ0) is 18.1. The van der Waals surface area contributed by atoms with Gasteiger partial charge in [0.05, 0.1) is 19.0 Å². The van der Waals surface area contributed by atoms with E-state index in [1.165, 1.54) is 16.9 Å². The number of aryl methyl sites for hydroxylation is 2. The molecule has 0 radical (unpaired) electrons. The third-order valence-corrected chi connectivity index (χ3v) is 6.13. The van der Waals surface area contributed by atoms with Gasteiger partial charge in [-0.2, -0.15) is 0 Å². The predicted molar refractivity (Wildman–Crippen MR) is 105 cm³/mol. The number of fused-ring (bicyclic) bond motifs is 3. The second-order valence-corrected chi connectivity index (χ2v) is 7.59. The molecule has 0 atom stereocenters. The largest absolute Gasteiger partial charge is 0.496 e. The van der Waals surface area contributed by atoms with Gasteiger partial charge in [0.15, 0.2) is 0 Å². The molecule has 0 spiro atoms. The molecule has 0 saturated carbocycles. The number of benzene rings is 1. The van der Waals surface area contributed by atoms with Crippen LogP contribution in [0.4, 0.5) is 0 Å². The molecular weight excluding hydrogens is 344 g/mol. The first-order valence-corrected chi connectivity index (χ1v) is 9.64. The van der Waals surface area contributed by atoms with E-state index in [-0.39, 0.29) is 12.1 Å². The molecule has 1 aromatic carbocycles. The van der Waals surface area contributed by atoms with Gasteiger partial charge in [-0.1, -0.05) is 24.1 Å². The summed E-state index contributed by atoms with van der Waals surface area (Å²) in [5.74, 6) is 4.10. The smallest absolute Gasteiger partial charge is 0.263 e. The van der Waals surface area contributed by atoms with Crippen molar-refractivity contribution in [2.75, 3.05) is 7.11 Å². The lowest BCUT2D eigenvalue weighted by Gasteiger charge is -2.13. The van der Waals surface area contributed by atoms with Crippen LogP contribution >= 0.6 is 11.3 Å². The van der Waals surface area contributed by atoms with Gasteiger partial charge in [-0.25, -0.2) is 4.98 Å². The maximum atomic E-state index is 13.2. The van der Waals surface area contributed by atoms with Crippen LogP contribution in [-0.4, -0.2) is 16.7 Å². The highest BCUT2D eigenvalue weighted by molar-refractivity contribution is 7.18. The predicted octanol–water partition coefficient (Wildman–Crippen LogP) is 3.57. The molecule has 0 N–H and O–H groups in total. The standard InChI is InChI=1S/C21H20N2O2S/c1-3-12-23-18(13-14-8-4-6-10-16(14)25-2)22-20-19(21(23)24)15-9-5-7-11-17(15)26-20/h1,4,6,8,10H,5,7,9,11-13H2,2H3. The second-order valence-electron chi connectivity index (χ2n) is 6.50. The van der Waals surface area contributed by atoms with Gasteiger partial charge in [0.25, 0.3) is 5.56 Å². The molecule has 0 unspecified atom stereocenters. The minimum absolute atomic E-state index is 0.00255. The summed E-state index contributed by atoms with van der Waals surface area (Å²) in [4.78, 5) is 20.2. The molecule has 0 fully saturated rings. The Morgan fingerprint density at radius 2 is 2.12 bits per heavy atom. The Bertz CT molecular complexity index is 1070. The Kier molecular flexibility index (Phi) is 4.52. The second kappa shape index (κ2) is 6.97. The lowest BCUT2D eigenvalue weighted by molar-refractivity contribution is 0.410. The van der Waals surface area contributed by atoms with E-state index in [9.17, 15) is 4.79 Å². The minimum atomic E-state index is -0.00255. The van der Waals surface area contributed by atoms with Gasteiger partial charge in [-0.05, 0) is 37.3 Å². The maximum absolute atomic E-state index is 13.2. The normalized spacial score (nSPS) is 13.4. The van der Waals surface area contributed by atoms with E-state index in [0.717, 1.165) is 40.8 Å². The fraction of sp³-hybridized carbons (Fsp3) is 0.333. The number of rotatable bonds is 4. The van der Waals surface area contributed by atoms with E-state index in [1.54, 1.807) is 23.0 Å². The molecule has 2 aromatic heterocycles. The van der Waals surface area contributed by atoms with E-state index in [2.05, 4.69) is 5.92 Å². The topological polar surface area (TPSA) is 44.1 Å². The average molecular weight is 364 g/mol. The van der Waals surface area contributed by atoms with Gasteiger partial charge >= 0.3 is 0 Å². The maximum Gasteiger partial charge on any atom is 0.263 e. The van der Waals surface area contributed by atoms with Crippen LogP contribution in [0.2, 0.25) is 0 Å². The van der Waals surface area contributed by atoms with Gasteiger partial charge in [-0.3, -0.25) is 9.36 Å². The summed E-state index contributed by atoms with van der Waals surface area (Å²) in [6.45, 7) is 0.233. The quantitative estimate of drug-likeness (QED) is 0.665.